The highest BCUT2D eigenvalue weighted by Crippen LogP contribution is 2.23. The third-order valence-corrected chi connectivity index (χ3v) is 3.74. The molecule has 0 aliphatic rings. The van der Waals surface area contributed by atoms with Gasteiger partial charge in [0.15, 0.2) is 0 Å². The number of aliphatic carboxylic acids is 1. The Bertz CT molecular complexity index is 527. The number of rotatable bonds is 9. The molecule has 0 fully saturated rings. The lowest BCUT2D eigenvalue weighted by Gasteiger charge is -2.28. The van der Waals surface area contributed by atoms with E-state index in [9.17, 15) is 9.59 Å². The van der Waals surface area contributed by atoms with Gasteiger partial charge in [-0.3, -0.25) is 4.79 Å². The van der Waals surface area contributed by atoms with Gasteiger partial charge in [0, 0.05) is 18.8 Å². The highest BCUT2D eigenvalue weighted by Gasteiger charge is 2.18. The van der Waals surface area contributed by atoms with Gasteiger partial charge in [-0.15, -0.1) is 0 Å². The first-order valence-electron chi connectivity index (χ1n) is 7.68. The van der Waals surface area contributed by atoms with Crippen LogP contribution in [0.25, 0.3) is 0 Å². The van der Waals surface area contributed by atoms with Crippen molar-refractivity contribution < 1.29 is 19.8 Å². The maximum atomic E-state index is 11.2. The average molecular weight is 307 g/mol. The average Bonchev–Trinajstić information content (AvgIpc) is 2.46. The van der Waals surface area contributed by atoms with E-state index in [1.807, 2.05) is 11.8 Å². The van der Waals surface area contributed by atoms with Gasteiger partial charge in [-0.1, -0.05) is 32.8 Å². The summed E-state index contributed by atoms with van der Waals surface area (Å²) in [4.78, 5) is 24.3. The summed E-state index contributed by atoms with van der Waals surface area (Å²) in [5, 5.41) is 18.3. The monoisotopic (exact) mass is 307 g/mol. The van der Waals surface area contributed by atoms with Gasteiger partial charge in [0.2, 0.25) is 0 Å². The summed E-state index contributed by atoms with van der Waals surface area (Å²) < 4.78 is 0. The molecule has 1 atom stereocenters. The van der Waals surface area contributed by atoms with Crippen LogP contribution in [-0.2, 0) is 4.79 Å². The number of carboxylic acids is 2. The van der Waals surface area contributed by atoms with Crippen LogP contribution >= 0.6 is 0 Å². The van der Waals surface area contributed by atoms with Gasteiger partial charge in [-0.2, -0.15) is 0 Å². The van der Waals surface area contributed by atoms with Crippen molar-refractivity contribution in [1.82, 2.24) is 0 Å². The van der Waals surface area contributed by atoms with Gasteiger partial charge in [-0.25, -0.2) is 4.79 Å². The van der Waals surface area contributed by atoms with Crippen LogP contribution in [0.5, 0.6) is 0 Å². The number of nitrogens with zero attached hydrogens (tertiary/aromatic N) is 1. The van der Waals surface area contributed by atoms with Crippen LogP contribution in [-0.4, -0.2) is 35.2 Å². The van der Waals surface area contributed by atoms with Crippen LogP contribution < -0.4 is 4.90 Å². The zero-order valence-corrected chi connectivity index (χ0v) is 13.5. The SMILES string of the molecule is CCCCCN(CC(C)C(=O)O)c1cc(C(=O)O)ccc1C. The van der Waals surface area contributed by atoms with Gasteiger partial charge in [0.25, 0.3) is 0 Å². The Kier molecular flexibility index (Phi) is 6.89. The van der Waals surface area contributed by atoms with Crippen LogP contribution in [0.4, 0.5) is 5.69 Å². The summed E-state index contributed by atoms with van der Waals surface area (Å²) in [6, 6.07) is 4.99. The topological polar surface area (TPSA) is 77.8 Å². The molecule has 0 aromatic heterocycles. The summed E-state index contributed by atoms with van der Waals surface area (Å²) in [6.45, 7) is 6.81. The highest BCUT2D eigenvalue weighted by atomic mass is 16.4. The minimum Gasteiger partial charge on any atom is -0.481 e. The Hall–Kier alpha value is -2.04. The maximum Gasteiger partial charge on any atom is 0.335 e. The molecule has 22 heavy (non-hydrogen) atoms. The molecule has 0 saturated heterocycles. The van der Waals surface area contributed by atoms with E-state index >= 15 is 0 Å². The quantitative estimate of drug-likeness (QED) is 0.684. The van der Waals surface area contributed by atoms with E-state index in [-0.39, 0.29) is 5.56 Å². The van der Waals surface area contributed by atoms with Crippen LogP contribution in [0, 0.1) is 12.8 Å². The van der Waals surface area contributed by atoms with Gasteiger partial charge >= 0.3 is 11.9 Å². The Morgan fingerprint density at radius 2 is 1.91 bits per heavy atom. The fraction of sp³-hybridized carbons (Fsp3) is 0.529. The number of benzene rings is 1. The number of carboxylic acid groups (broad SMARTS) is 2. The van der Waals surface area contributed by atoms with Gasteiger partial charge in [0.1, 0.15) is 0 Å². The number of aromatic carboxylic acids is 1. The van der Waals surface area contributed by atoms with Crippen LogP contribution in [0.15, 0.2) is 18.2 Å². The largest absolute Gasteiger partial charge is 0.481 e. The molecule has 0 radical (unpaired) electrons. The number of carbonyl (C=O) groups is 2. The smallest absolute Gasteiger partial charge is 0.335 e. The number of hydrogen-bond donors (Lipinski definition) is 2. The molecule has 1 aromatic carbocycles. The molecule has 0 spiro atoms. The number of hydrogen-bond acceptors (Lipinski definition) is 3. The van der Waals surface area contributed by atoms with Crippen LogP contribution in [0.1, 0.15) is 49.0 Å². The van der Waals surface area contributed by atoms with E-state index in [2.05, 4.69) is 6.92 Å². The second-order valence-corrected chi connectivity index (χ2v) is 5.70. The summed E-state index contributed by atoms with van der Waals surface area (Å²) >= 11 is 0. The van der Waals surface area contributed by atoms with E-state index in [0.29, 0.717) is 6.54 Å². The zero-order chi connectivity index (χ0) is 16.7. The predicted molar refractivity (Wildman–Crippen MR) is 86.7 cm³/mol. The lowest BCUT2D eigenvalue weighted by molar-refractivity contribution is -0.140. The normalized spacial score (nSPS) is 12.0. The lowest BCUT2D eigenvalue weighted by atomic mass is 10.1. The Balaban J connectivity index is 3.05. The molecule has 2 N–H and O–H groups in total. The molecule has 0 amide bonds. The summed E-state index contributed by atoms with van der Waals surface area (Å²) in [6.07, 6.45) is 3.10. The number of anilines is 1. The van der Waals surface area contributed by atoms with Crippen molar-refractivity contribution in [3.05, 3.63) is 29.3 Å². The third-order valence-electron chi connectivity index (χ3n) is 3.74. The van der Waals surface area contributed by atoms with Crippen molar-refractivity contribution in [2.45, 2.75) is 40.0 Å². The third kappa shape index (κ3) is 5.06. The molecule has 5 nitrogen and oxygen atoms in total. The van der Waals surface area contributed by atoms with Crippen molar-refractivity contribution in [3.63, 3.8) is 0 Å². The van der Waals surface area contributed by atoms with Gasteiger partial charge < -0.3 is 15.1 Å². The molecule has 1 unspecified atom stereocenters. The summed E-state index contributed by atoms with van der Waals surface area (Å²) in [5.41, 5.74) is 1.99. The van der Waals surface area contributed by atoms with E-state index in [0.717, 1.165) is 37.1 Å². The highest BCUT2D eigenvalue weighted by molar-refractivity contribution is 5.89. The standard InChI is InChI=1S/C17H25NO4/c1-4-5-6-9-18(11-13(3)16(19)20)15-10-14(17(21)22)8-7-12(15)2/h7-8,10,13H,4-6,9,11H2,1-3H3,(H,19,20)(H,21,22). The van der Waals surface area contributed by atoms with E-state index in [1.165, 1.54) is 0 Å². The molecule has 0 aliphatic carbocycles. The predicted octanol–water partition coefficient (Wildman–Crippen LogP) is 3.41. The molecular formula is C17H25NO4. The zero-order valence-electron chi connectivity index (χ0n) is 13.5. The number of unbranched alkanes of at least 4 members (excludes halogenated alkanes) is 2. The molecule has 5 heteroatoms. The van der Waals surface area contributed by atoms with Crippen LogP contribution in [0.2, 0.25) is 0 Å². The lowest BCUT2D eigenvalue weighted by Crippen LogP contribution is -2.33. The molecule has 122 valence electrons. The molecule has 1 aromatic rings. The van der Waals surface area contributed by atoms with Crippen molar-refractivity contribution in [1.29, 1.82) is 0 Å². The van der Waals surface area contributed by atoms with Crippen molar-refractivity contribution in [3.8, 4) is 0 Å². The Labute approximate surface area is 131 Å². The minimum atomic E-state index is -0.971. The molecule has 0 bridgehead atoms. The second-order valence-electron chi connectivity index (χ2n) is 5.70. The maximum absolute atomic E-state index is 11.2. The van der Waals surface area contributed by atoms with Gasteiger partial charge in [-0.05, 0) is 31.0 Å². The first-order valence-corrected chi connectivity index (χ1v) is 7.68. The molecule has 0 heterocycles. The second kappa shape index (κ2) is 8.41. The van der Waals surface area contributed by atoms with Crippen molar-refractivity contribution >= 4 is 17.6 Å². The first kappa shape index (κ1) is 18.0. The van der Waals surface area contributed by atoms with Crippen LogP contribution in [0.3, 0.4) is 0 Å². The Morgan fingerprint density at radius 1 is 1.23 bits per heavy atom. The van der Waals surface area contributed by atoms with Crippen molar-refractivity contribution in [2.24, 2.45) is 5.92 Å². The van der Waals surface area contributed by atoms with Gasteiger partial charge in [0.05, 0.1) is 11.5 Å². The first-order chi connectivity index (χ1) is 10.4. The van der Waals surface area contributed by atoms with E-state index in [1.54, 1.807) is 25.1 Å². The fourth-order valence-corrected chi connectivity index (χ4v) is 2.35. The minimum absolute atomic E-state index is 0.226. The molecule has 0 saturated carbocycles. The summed E-state index contributed by atoms with van der Waals surface area (Å²) in [5.74, 6) is -2.32. The fourth-order valence-electron chi connectivity index (χ4n) is 2.35. The molecule has 1 rings (SSSR count). The molecular weight excluding hydrogens is 282 g/mol. The van der Waals surface area contributed by atoms with Crippen molar-refractivity contribution in [2.75, 3.05) is 18.0 Å². The summed E-state index contributed by atoms with van der Waals surface area (Å²) in [7, 11) is 0. The van der Waals surface area contributed by atoms with E-state index in [4.69, 9.17) is 10.2 Å². The Morgan fingerprint density at radius 3 is 2.45 bits per heavy atom. The van der Waals surface area contributed by atoms with E-state index < -0.39 is 17.9 Å². The number of aryl methyl sites for hydroxylation is 1. The molecule has 0 aliphatic heterocycles.